The van der Waals surface area contributed by atoms with Gasteiger partial charge < -0.3 is 14.9 Å². The zero-order chi connectivity index (χ0) is 19.7. The largest absolute Gasteiger partial charge is 0.507 e. The normalized spacial score (nSPS) is 11.4. The van der Waals surface area contributed by atoms with Crippen molar-refractivity contribution in [1.82, 2.24) is 25.0 Å². The minimum atomic E-state index is -0.248. The number of rotatable bonds is 6. The first kappa shape index (κ1) is 18.0. The first-order valence-corrected chi connectivity index (χ1v) is 9.05. The molecule has 3 N–H and O–H groups in total. The van der Waals surface area contributed by atoms with Crippen molar-refractivity contribution in [1.29, 1.82) is 0 Å². The molecule has 2 heterocycles. The smallest absolute Gasteiger partial charge is 0.319 e. The molecule has 0 saturated heterocycles. The lowest BCUT2D eigenvalue weighted by Gasteiger charge is -2.10. The first-order valence-electron chi connectivity index (χ1n) is 9.05. The zero-order valence-electron chi connectivity index (χ0n) is 15.7. The molecule has 0 bridgehead atoms. The maximum atomic E-state index is 10.5. The standard InChI is InChI=1S/C20H21N5O3/c1-3-16-14-10-15(18(26)11-17(14)22-21-16)19-23-24-20(27)25(19)13-6-4-12(5-7-13)8-9-28-2/h4-7,10-11,26H,3,8-9H2,1-2H3,(H,21,22)(H,24,27). The minimum Gasteiger partial charge on any atom is -0.507 e. The Morgan fingerprint density at radius 1 is 1.11 bits per heavy atom. The number of nitrogens with one attached hydrogen (secondary N) is 1. The Morgan fingerprint density at radius 3 is 2.61 bits per heavy atom. The number of hydrogen-bond donors (Lipinski definition) is 3. The van der Waals surface area contributed by atoms with E-state index in [1.165, 1.54) is 4.57 Å². The van der Waals surface area contributed by atoms with Crippen LogP contribution in [0, 0.1) is 0 Å². The van der Waals surface area contributed by atoms with E-state index >= 15 is 0 Å². The highest BCUT2D eigenvalue weighted by atomic mass is 16.5. The summed E-state index contributed by atoms with van der Waals surface area (Å²) in [4.78, 5) is 0. The molecule has 0 aliphatic rings. The molecule has 0 aliphatic heterocycles. The van der Waals surface area contributed by atoms with Crippen LogP contribution in [0.4, 0.5) is 0 Å². The van der Waals surface area contributed by atoms with Crippen LogP contribution in [0.1, 0.15) is 18.2 Å². The molecule has 0 atom stereocenters. The molecule has 8 nitrogen and oxygen atoms in total. The van der Waals surface area contributed by atoms with Crippen molar-refractivity contribution in [2.24, 2.45) is 0 Å². The van der Waals surface area contributed by atoms with Gasteiger partial charge in [-0.15, -0.1) is 5.10 Å². The molecule has 4 rings (SSSR count). The van der Waals surface area contributed by atoms with Gasteiger partial charge in [0.25, 0.3) is 0 Å². The Bertz CT molecular complexity index is 1120. The van der Waals surface area contributed by atoms with Gasteiger partial charge in [0.1, 0.15) is 5.75 Å². The summed E-state index contributed by atoms with van der Waals surface area (Å²) in [6, 6.07) is 10.9. The van der Waals surface area contributed by atoms with Gasteiger partial charge in [-0.2, -0.15) is 5.10 Å². The third-order valence-electron chi connectivity index (χ3n) is 4.77. The first-order chi connectivity index (χ1) is 13.6. The van der Waals surface area contributed by atoms with Crippen molar-refractivity contribution in [3.63, 3.8) is 0 Å². The Balaban J connectivity index is 1.80. The van der Waals surface area contributed by atoms with Gasteiger partial charge in [0.05, 0.1) is 29.1 Å². The molecule has 0 radical (unpaired) electrons. The van der Waals surface area contributed by atoms with Crippen molar-refractivity contribution in [3.05, 3.63) is 47.7 Å². The summed E-state index contributed by atoms with van der Waals surface area (Å²) in [5, 5.41) is 36.8. The lowest BCUT2D eigenvalue weighted by atomic mass is 10.1. The second-order valence-electron chi connectivity index (χ2n) is 6.51. The lowest BCUT2D eigenvalue weighted by molar-refractivity contribution is 0.202. The molecule has 0 amide bonds. The summed E-state index contributed by atoms with van der Waals surface area (Å²) in [6.07, 6.45) is 1.56. The van der Waals surface area contributed by atoms with Crippen molar-refractivity contribution in [3.8, 4) is 28.8 Å². The van der Waals surface area contributed by atoms with Gasteiger partial charge in [-0.1, -0.05) is 24.2 Å². The van der Waals surface area contributed by atoms with E-state index in [1.807, 2.05) is 37.3 Å². The van der Waals surface area contributed by atoms with Gasteiger partial charge in [-0.25, -0.2) is 4.57 Å². The fourth-order valence-corrected chi connectivity index (χ4v) is 3.28. The highest BCUT2D eigenvalue weighted by molar-refractivity contribution is 5.89. The van der Waals surface area contributed by atoms with Crippen LogP contribution in [-0.2, 0) is 17.6 Å². The number of methoxy groups -OCH3 is 1. The van der Waals surface area contributed by atoms with Gasteiger partial charge in [-0.05, 0) is 36.6 Å². The maximum absolute atomic E-state index is 10.5. The van der Waals surface area contributed by atoms with Crippen LogP contribution in [0.5, 0.6) is 11.8 Å². The molecule has 0 saturated carbocycles. The van der Waals surface area contributed by atoms with E-state index in [2.05, 4.69) is 20.4 Å². The van der Waals surface area contributed by atoms with Gasteiger partial charge >= 0.3 is 6.01 Å². The highest BCUT2D eigenvalue weighted by Crippen LogP contribution is 2.35. The second kappa shape index (κ2) is 7.32. The average molecular weight is 379 g/mol. The molecule has 0 fully saturated rings. The summed E-state index contributed by atoms with van der Waals surface area (Å²) in [5.74, 6) is 0.383. The van der Waals surface area contributed by atoms with E-state index in [4.69, 9.17) is 4.74 Å². The van der Waals surface area contributed by atoms with Crippen LogP contribution in [-0.4, -0.2) is 48.9 Å². The van der Waals surface area contributed by atoms with Crippen LogP contribution in [0.3, 0.4) is 0 Å². The summed E-state index contributed by atoms with van der Waals surface area (Å²) in [7, 11) is 1.67. The van der Waals surface area contributed by atoms with Crippen molar-refractivity contribution < 1.29 is 14.9 Å². The van der Waals surface area contributed by atoms with Crippen molar-refractivity contribution in [2.75, 3.05) is 13.7 Å². The third-order valence-corrected chi connectivity index (χ3v) is 4.77. The fourth-order valence-electron chi connectivity index (χ4n) is 3.28. The topological polar surface area (TPSA) is 109 Å². The molecular weight excluding hydrogens is 358 g/mol. The van der Waals surface area contributed by atoms with Crippen LogP contribution in [0.2, 0.25) is 0 Å². The molecule has 4 aromatic rings. The van der Waals surface area contributed by atoms with Gasteiger partial charge in [0.15, 0.2) is 5.82 Å². The molecule has 0 unspecified atom stereocenters. The van der Waals surface area contributed by atoms with Crippen molar-refractivity contribution >= 4 is 10.9 Å². The van der Waals surface area contributed by atoms with Crippen LogP contribution >= 0.6 is 0 Å². The number of aromatic nitrogens is 5. The number of nitrogens with zero attached hydrogens (tertiary/aromatic N) is 4. The number of hydrogen-bond acceptors (Lipinski definition) is 6. The Kier molecular flexibility index (Phi) is 4.70. The molecular formula is C20H21N5O3. The van der Waals surface area contributed by atoms with Crippen LogP contribution in [0.15, 0.2) is 36.4 Å². The molecule has 2 aromatic heterocycles. The van der Waals surface area contributed by atoms with E-state index in [-0.39, 0.29) is 11.8 Å². The molecule has 0 aliphatic carbocycles. The Hall–Kier alpha value is -3.39. The summed E-state index contributed by atoms with van der Waals surface area (Å²) in [6.45, 7) is 2.66. The number of H-pyrrole nitrogens is 1. The van der Waals surface area contributed by atoms with E-state index in [9.17, 15) is 10.2 Å². The van der Waals surface area contributed by atoms with E-state index < -0.39 is 0 Å². The fraction of sp³-hybridized carbons (Fsp3) is 0.250. The number of phenolic OH excluding ortho intramolecular Hbond substituents is 1. The van der Waals surface area contributed by atoms with E-state index in [1.54, 1.807) is 13.2 Å². The Labute approximate surface area is 161 Å². The number of benzene rings is 2. The van der Waals surface area contributed by atoms with E-state index in [0.29, 0.717) is 23.7 Å². The number of phenols is 1. The SMILES string of the molecule is CCc1n[nH]c2cc(O)c(-c3nnc(O)n3-c3ccc(CCOC)cc3)cc12. The lowest BCUT2D eigenvalue weighted by Crippen LogP contribution is -1.99. The number of fused-ring (bicyclic) bond motifs is 1. The van der Waals surface area contributed by atoms with Crippen LogP contribution in [0.25, 0.3) is 28.0 Å². The average Bonchev–Trinajstić information content (AvgIpc) is 3.28. The Morgan fingerprint density at radius 2 is 1.89 bits per heavy atom. The predicted molar refractivity (Wildman–Crippen MR) is 105 cm³/mol. The highest BCUT2D eigenvalue weighted by Gasteiger charge is 2.19. The monoisotopic (exact) mass is 379 g/mol. The van der Waals surface area contributed by atoms with Crippen molar-refractivity contribution in [2.45, 2.75) is 19.8 Å². The number of ether oxygens (including phenoxy) is 1. The van der Waals surface area contributed by atoms with Crippen LogP contribution < -0.4 is 0 Å². The quantitative estimate of drug-likeness (QED) is 0.475. The summed E-state index contributed by atoms with van der Waals surface area (Å²) >= 11 is 0. The molecule has 144 valence electrons. The molecule has 0 spiro atoms. The molecule has 28 heavy (non-hydrogen) atoms. The third kappa shape index (κ3) is 3.07. The predicted octanol–water partition coefficient (Wildman–Crippen LogP) is 2.97. The number of aromatic hydroxyl groups is 2. The number of aryl methyl sites for hydroxylation is 1. The van der Waals surface area contributed by atoms with Gasteiger partial charge in [0, 0.05) is 18.6 Å². The molecule has 2 aromatic carbocycles. The second-order valence-corrected chi connectivity index (χ2v) is 6.51. The van der Waals surface area contributed by atoms with Gasteiger partial charge in [-0.3, -0.25) is 5.10 Å². The zero-order valence-corrected chi connectivity index (χ0v) is 15.7. The van der Waals surface area contributed by atoms with E-state index in [0.717, 1.165) is 35.0 Å². The minimum absolute atomic E-state index is 0.0316. The number of aromatic amines is 1. The maximum Gasteiger partial charge on any atom is 0.319 e. The summed E-state index contributed by atoms with van der Waals surface area (Å²) < 4.78 is 6.61. The molecule has 8 heteroatoms. The summed E-state index contributed by atoms with van der Waals surface area (Å²) in [5.41, 5.74) is 3.93. The van der Waals surface area contributed by atoms with Gasteiger partial charge in [0.2, 0.25) is 0 Å².